The zero-order valence-corrected chi connectivity index (χ0v) is 8.50. The largest absolute Gasteiger partial charge is 0.491 e. The Morgan fingerprint density at radius 2 is 1.87 bits per heavy atom. The molecule has 0 radical (unpaired) electrons. The molecule has 0 aliphatic heterocycles. The Morgan fingerprint density at radius 1 is 1.13 bits per heavy atom. The smallest absolute Gasteiger partial charge is 0.119 e. The van der Waals surface area contributed by atoms with Crippen LogP contribution in [0.15, 0.2) is 30.3 Å². The highest BCUT2D eigenvalue weighted by Gasteiger charge is 2.00. The summed E-state index contributed by atoms with van der Waals surface area (Å²) in [5.74, 6) is 0.795. The van der Waals surface area contributed by atoms with Crippen molar-refractivity contribution in [2.75, 3.05) is 26.4 Å². The lowest BCUT2D eigenvalue weighted by atomic mass is 10.3. The van der Waals surface area contributed by atoms with Gasteiger partial charge in [-0.3, -0.25) is 0 Å². The van der Waals surface area contributed by atoms with Crippen LogP contribution in [0.3, 0.4) is 0 Å². The van der Waals surface area contributed by atoms with E-state index in [0.29, 0.717) is 13.2 Å². The highest BCUT2D eigenvalue weighted by atomic mass is 16.5. The third-order valence-electron chi connectivity index (χ3n) is 1.76. The predicted molar refractivity (Wildman–Crippen MR) is 55.8 cm³/mol. The van der Waals surface area contributed by atoms with Crippen LogP contribution in [0.5, 0.6) is 5.75 Å². The van der Waals surface area contributed by atoms with Gasteiger partial charge in [-0.05, 0) is 12.1 Å². The monoisotopic (exact) mass is 212 g/mol. The fourth-order valence-electron chi connectivity index (χ4n) is 1.01. The van der Waals surface area contributed by atoms with Gasteiger partial charge in [0.1, 0.15) is 18.5 Å². The average molecular weight is 212 g/mol. The molecule has 0 saturated carbocycles. The van der Waals surface area contributed by atoms with E-state index in [4.69, 9.17) is 19.7 Å². The molecule has 0 aliphatic carbocycles. The third kappa shape index (κ3) is 5.37. The van der Waals surface area contributed by atoms with E-state index in [1.54, 1.807) is 0 Å². The van der Waals surface area contributed by atoms with Crippen LogP contribution >= 0.6 is 0 Å². The molecule has 4 nitrogen and oxygen atoms in total. The van der Waals surface area contributed by atoms with Gasteiger partial charge < -0.3 is 19.7 Å². The summed E-state index contributed by atoms with van der Waals surface area (Å²) in [7, 11) is 0. The van der Waals surface area contributed by atoms with E-state index in [9.17, 15) is 0 Å². The lowest BCUT2D eigenvalue weighted by Crippen LogP contribution is -2.21. The van der Waals surface area contributed by atoms with Crippen molar-refractivity contribution < 1.29 is 19.7 Å². The number of hydrogen-bond donors (Lipinski definition) is 2. The average Bonchev–Trinajstić information content (AvgIpc) is 2.29. The lowest BCUT2D eigenvalue weighted by molar-refractivity contribution is -0.00138. The van der Waals surface area contributed by atoms with E-state index >= 15 is 0 Å². The predicted octanol–water partition coefficient (Wildman–Crippen LogP) is 0.435. The Kier molecular flexibility index (Phi) is 5.77. The summed E-state index contributed by atoms with van der Waals surface area (Å²) in [6, 6.07) is 9.43. The van der Waals surface area contributed by atoms with Crippen molar-refractivity contribution in [3.05, 3.63) is 30.3 Å². The molecule has 0 spiro atoms. The Morgan fingerprint density at radius 3 is 2.53 bits per heavy atom. The van der Waals surface area contributed by atoms with Crippen LogP contribution in [0.1, 0.15) is 0 Å². The molecule has 0 aromatic heterocycles. The maximum absolute atomic E-state index is 8.96. The molecule has 1 atom stereocenters. The van der Waals surface area contributed by atoms with E-state index < -0.39 is 6.10 Å². The molecule has 0 aliphatic rings. The third-order valence-corrected chi connectivity index (χ3v) is 1.76. The van der Waals surface area contributed by atoms with Gasteiger partial charge in [0.2, 0.25) is 0 Å². The number of benzene rings is 1. The van der Waals surface area contributed by atoms with Crippen molar-refractivity contribution in [3.8, 4) is 5.75 Å². The summed E-state index contributed by atoms with van der Waals surface area (Å²) >= 11 is 0. The SMILES string of the molecule is OCC(O)COCCOc1ccccc1. The maximum Gasteiger partial charge on any atom is 0.119 e. The van der Waals surface area contributed by atoms with E-state index in [1.807, 2.05) is 30.3 Å². The van der Waals surface area contributed by atoms with Gasteiger partial charge in [0.15, 0.2) is 0 Å². The number of aliphatic hydroxyl groups excluding tert-OH is 2. The van der Waals surface area contributed by atoms with Gasteiger partial charge in [0, 0.05) is 0 Å². The molecular formula is C11H16O4. The van der Waals surface area contributed by atoms with Crippen LogP contribution in [0.4, 0.5) is 0 Å². The van der Waals surface area contributed by atoms with Crippen LogP contribution in [0.2, 0.25) is 0 Å². The summed E-state index contributed by atoms with van der Waals surface area (Å²) < 4.78 is 10.4. The van der Waals surface area contributed by atoms with E-state index in [1.165, 1.54) is 0 Å². The van der Waals surface area contributed by atoms with Crippen molar-refractivity contribution in [2.24, 2.45) is 0 Å². The Bertz CT molecular complexity index is 250. The minimum atomic E-state index is -0.804. The first-order chi connectivity index (χ1) is 7.33. The van der Waals surface area contributed by atoms with Crippen molar-refractivity contribution in [3.63, 3.8) is 0 Å². The Balaban J connectivity index is 2.03. The number of hydrogen-bond acceptors (Lipinski definition) is 4. The highest BCUT2D eigenvalue weighted by Crippen LogP contribution is 2.07. The second-order valence-electron chi connectivity index (χ2n) is 3.07. The molecule has 0 saturated heterocycles. The van der Waals surface area contributed by atoms with E-state index in [-0.39, 0.29) is 13.2 Å². The van der Waals surface area contributed by atoms with Gasteiger partial charge in [-0.2, -0.15) is 0 Å². The summed E-state index contributed by atoms with van der Waals surface area (Å²) in [6.07, 6.45) is -0.804. The first kappa shape index (κ1) is 12.0. The normalized spacial score (nSPS) is 12.4. The summed E-state index contributed by atoms with van der Waals surface area (Å²) in [4.78, 5) is 0. The topological polar surface area (TPSA) is 58.9 Å². The lowest BCUT2D eigenvalue weighted by Gasteiger charge is -2.09. The zero-order chi connectivity index (χ0) is 10.9. The fourth-order valence-corrected chi connectivity index (χ4v) is 1.01. The molecule has 0 heterocycles. The van der Waals surface area contributed by atoms with Crippen molar-refractivity contribution >= 4 is 0 Å². The molecular weight excluding hydrogens is 196 g/mol. The first-order valence-corrected chi connectivity index (χ1v) is 4.87. The molecule has 4 heteroatoms. The second-order valence-corrected chi connectivity index (χ2v) is 3.07. The number of rotatable bonds is 7. The number of ether oxygens (including phenoxy) is 2. The summed E-state index contributed by atoms with van der Waals surface area (Å²) in [5, 5.41) is 17.5. The fraction of sp³-hybridized carbons (Fsp3) is 0.455. The molecule has 84 valence electrons. The standard InChI is InChI=1S/C11H16O4/c12-8-10(13)9-14-6-7-15-11-4-2-1-3-5-11/h1-5,10,12-13H,6-9H2. The van der Waals surface area contributed by atoms with E-state index in [0.717, 1.165) is 5.75 Å². The maximum atomic E-state index is 8.96. The summed E-state index contributed by atoms with van der Waals surface area (Å²) in [5.41, 5.74) is 0. The van der Waals surface area contributed by atoms with Gasteiger partial charge in [0.05, 0.1) is 19.8 Å². The van der Waals surface area contributed by atoms with Crippen molar-refractivity contribution in [1.29, 1.82) is 0 Å². The van der Waals surface area contributed by atoms with E-state index in [2.05, 4.69) is 0 Å². The van der Waals surface area contributed by atoms with Crippen LogP contribution in [0.25, 0.3) is 0 Å². The number of para-hydroxylation sites is 1. The zero-order valence-electron chi connectivity index (χ0n) is 8.50. The van der Waals surface area contributed by atoms with Gasteiger partial charge >= 0.3 is 0 Å². The second kappa shape index (κ2) is 7.23. The molecule has 0 fully saturated rings. The van der Waals surface area contributed by atoms with Gasteiger partial charge in [-0.25, -0.2) is 0 Å². The van der Waals surface area contributed by atoms with Gasteiger partial charge in [-0.1, -0.05) is 18.2 Å². The minimum absolute atomic E-state index is 0.134. The Labute approximate surface area is 89.1 Å². The van der Waals surface area contributed by atoms with Crippen LogP contribution in [-0.2, 0) is 4.74 Å². The molecule has 1 aromatic carbocycles. The molecule has 1 aromatic rings. The molecule has 0 amide bonds. The van der Waals surface area contributed by atoms with Crippen LogP contribution < -0.4 is 4.74 Å². The number of aliphatic hydroxyl groups is 2. The van der Waals surface area contributed by atoms with Gasteiger partial charge in [0.25, 0.3) is 0 Å². The first-order valence-electron chi connectivity index (χ1n) is 4.87. The van der Waals surface area contributed by atoms with Crippen molar-refractivity contribution in [1.82, 2.24) is 0 Å². The van der Waals surface area contributed by atoms with Gasteiger partial charge in [-0.15, -0.1) is 0 Å². The quantitative estimate of drug-likeness (QED) is 0.644. The minimum Gasteiger partial charge on any atom is -0.491 e. The Hall–Kier alpha value is -1.10. The summed E-state index contributed by atoms with van der Waals surface area (Å²) in [6.45, 7) is 0.683. The van der Waals surface area contributed by atoms with Crippen molar-refractivity contribution in [2.45, 2.75) is 6.10 Å². The molecule has 1 unspecified atom stereocenters. The molecule has 0 bridgehead atoms. The molecule has 2 N–H and O–H groups in total. The van der Waals surface area contributed by atoms with Crippen LogP contribution in [-0.4, -0.2) is 42.7 Å². The molecule has 15 heavy (non-hydrogen) atoms. The molecule has 1 rings (SSSR count). The highest BCUT2D eigenvalue weighted by molar-refractivity contribution is 5.20. The van der Waals surface area contributed by atoms with Crippen LogP contribution in [0, 0.1) is 0 Å².